The fourth-order valence-electron chi connectivity index (χ4n) is 2.82. The largest absolute Gasteiger partial charge is 0.393 e. The third-order valence-electron chi connectivity index (χ3n) is 3.79. The molecule has 2 N–H and O–H groups in total. The first kappa shape index (κ1) is 15.0. The van der Waals surface area contributed by atoms with Crippen molar-refractivity contribution in [3.8, 4) is 11.1 Å². The van der Waals surface area contributed by atoms with Crippen LogP contribution in [-0.2, 0) is 0 Å². The van der Waals surface area contributed by atoms with Crippen LogP contribution in [0.25, 0.3) is 22.0 Å². The van der Waals surface area contributed by atoms with Crippen molar-refractivity contribution in [3.05, 3.63) is 64.8 Å². The molecule has 0 bridgehead atoms. The smallest absolute Gasteiger partial charge is 0.103 e. The summed E-state index contributed by atoms with van der Waals surface area (Å²) in [6.07, 6.45) is 0.811. The molecule has 0 aliphatic heterocycles. The van der Waals surface area contributed by atoms with Crippen LogP contribution in [0.15, 0.2) is 48.7 Å². The van der Waals surface area contributed by atoms with Crippen molar-refractivity contribution in [2.45, 2.75) is 13.0 Å². The normalized spacial score (nSPS) is 12.5. The second-order valence-corrected chi connectivity index (χ2v) is 5.69. The van der Waals surface area contributed by atoms with E-state index in [9.17, 15) is 10.2 Å². The number of hydrogen-bond donors (Lipinski definition) is 2. The van der Waals surface area contributed by atoms with Gasteiger partial charge in [0.1, 0.15) is 6.10 Å². The highest BCUT2D eigenvalue weighted by Gasteiger charge is 2.19. The summed E-state index contributed by atoms with van der Waals surface area (Å²) in [6.45, 7) is 1.59. The van der Waals surface area contributed by atoms with Gasteiger partial charge in [-0.1, -0.05) is 29.8 Å². The van der Waals surface area contributed by atoms with E-state index < -0.39 is 6.10 Å². The Balaban J connectivity index is 2.39. The van der Waals surface area contributed by atoms with E-state index in [1.54, 1.807) is 6.20 Å². The fraction of sp³-hybridized carbons (Fsp3) is 0.167. The van der Waals surface area contributed by atoms with Gasteiger partial charge in [-0.3, -0.25) is 4.98 Å². The number of aliphatic hydroxyl groups excluding tert-OH is 2. The van der Waals surface area contributed by atoms with Crippen molar-refractivity contribution < 1.29 is 10.2 Å². The monoisotopic (exact) mass is 313 g/mol. The van der Waals surface area contributed by atoms with Gasteiger partial charge in [0.2, 0.25) is 0 Å². The SMILES string of the molecule is Cc1cc2ncccc2c(-c2ccc(Cl)cc2)c1C(O)CO. The van der Waals surface area contributed by atoms with Gasteiger partial charge < -0.3 is 10.2 Å². The molecule has 1 heterocycles. The second-order valence-electron chi connectivity index (χ2n) is 5.26. The Morgan fingerprint density at radius 2 is 1.91 bits per heavy atom. The molecule has 1 atom stereocenters. The van der Waals surface area contributed by atoms with Crippen LogP contribution >= 0.6 is 11.6 Å². The van der Waals surface area contributed by atoms with Crippen LogP contribution in [0.2, 0.25) is 5.02 Å². The number of halogens is 1. The zero-order valence-corrected chi connectivity index (χ0v) is 12.9. The quantitative estimate of drug-likeness (QED) is 0.771. The predicted molar refractivity (Wildman–Crippen MR) is 89.0 cm³/mol. The van der Waals surface area contributed by atoms with Gasteiger partial charge >= 0.3 is 0 Å². The minimum atomic E-state index is -0.935. The maximum atomic E-state index is 10.3. The van der Waals surface area contributed by atoms with Crippen LogP contribution in [0, 0.1) is 6.92 Å². The number of aromatic nitrogens is 1. The van der Waals surface area contributed by atoms with Gasteiger partial charge in [-0.2, -0.15) is 0 Å². The summed E-state index contributed by atoms with van der Waals surface area (Å²) in [5.41, 5.74) is 4.32. The lowest BCUT2D eigenvalue weighted by Gasteiger charge is -2.19. The topological polar surface area (TPSA) is 53.4 Å². The van der Waals surface area contributed by atoms with E-state index in [1.807, 2.05) is 49.4 Å². The predicted octanol–water partition coefficient (Wildman–Crippen LogP) is 3.89. The molecule has 0 radical (unpaired) electrons. The van der Waals surface area contributed by atoms with Crippen LogP contribution in [0.3, 0.4) is 0 Å². The third-order valence-corrected chi connectivity index (χ3v) is 4.05. The van der Waals surface area contributed by atoms with Gasteiger partial charge in [-0.15, -0.1) is 0 Å². The van der Waals surface area contributed by atoms with Gasteiger partial charge in [0.05, 0.1) is 12.1 Å². The zero-order chi connectivity index (χ0) is 15.7. The zero-order valence-electron chi connectivity index (χ0n) is 12.1. The summed E-state index contributed by atoms with van der Waals surface area (Å²) in [6, 6.07) is 13.2. The number of aryl methyl sites for hydroxylation is 1. The van der Waals surface area contributed by atoms with Gasteiger partial charge in [-0.25, -0.2) is 0 Å². The first-order valence-electron chi connectivity index (χ1n) is 7.05. The minimum absolute atomic E-state index is 0.326. The summed E-state index contributed by atoms with van der Waals surface area (Å²) in [4.78, 5) is 4.40. The van der Waals surface area contributed by atoms with Crippen molar-refractivity contribution in [2.24, 2.45) is 0 Å². The Labute approximate surface area is 133 Å². The van der Waals surface area contributed by atoms with E-state index in [4.69, 9.17) is 11.6 Å². The maximum absolute atomic E-state index is 10.3. The highest BCUT2D eigenvalue weighted by atomic mass is 35.5. The van der Waals surface area contributed by atoms with Crippen molar-refractivity contribution in [1.82, 2.24) is 4.98 Å². The molecule has 0 amide bonds. The van der Waals surface area contributed by atoms with Crippen LogP contribution < -0.4 is 0 Å². The number of aliphatic hydroxyl groups is 2. The number of rotatable bonds is 3. The molecule has 0 fully saturated rings. The van der Waals surface area contributed by atoms with Crippen molar-refractivity contribution in [1.29, 1.82) is 0 Å². The average Bonchev–Trinajstić information content (AvgIpc) is 2.54. The molecule has 2 aromatic carbocycles. The molecule has 3 aromatic rings. The molecule has 0 aliphatic rings. The highest BCUT2D eigenvalue weighted by molar-refractivity contribution is 6.30. The van der Waals surface area contributed by atoms with Crippen LogP contribution in [0.4, 0.5) is 0 Å². The molecule has 0 spiro atoms. The summed E-state index contributed by atoms with van der Waals surface area (Å²) in [5.74, 6) is 0. The molecule has 1 aromatic heterocycles. The Bertz CT molecular complexity index is 815. The van der Waals surface area contributed by atoms with Gasteiger partial charge in [0, 0.05) is 16.6 Å². The molecule has 0 saturated carbocycles. The van der Waals surface area contributed by atoms with Gasteiger partial charge in [-0.05, 0) is 53.4 Å². The fourth-order valence-corrected chi connectivity index (χ4v) is 2.94. The van der Waals surface area contributed by atoms with E-state index >= 15 is 0 Å². The number of nitrogens with zero attached hydrogens (tertiary/aromatic N) is 1. The molecule has 22 heavy (non-hydrogen) atoms. The number of pyridine rings is 1. The first-order chi connectivity index (χ1) is 10.6. The van der Waals surface area contributed by atoms with Crippen LogP contribution in [0.1, 0.15) is 17.2 Å². The summed E-state index contributed by atoms with van der Waals surface area (Å²) >= 11 is 5.98. The summed E-state index contributed by atoms with van der Waals surface area (Å²) in [7, 11) is 0. The van der Waals surface area contributed by atoms with E-state index in [1.165, 1.54) is 0 Å². The summed E-state index contributed by atoms with van der Waals surface area (Å²) < 4.78 is 0. The maximum Gasteiger partial charge on any atom is 0.103 e. The number of fused-ring (bicyclic) bond motifs is 1. The van der Waals surface area contributed by atoms with E-state index in [0.717, 1.165) is 33.2 Å². The lowest BCUT2D eigenvalue weighted by molar-refractivity contribution is 0.0956. The average molecular weight is 314 g/mol. The molecular weight excluding hydrogens is 298 g/mol. The van der Waals surface area contributed by atoms with Crippen molar-refractivity contribution in [3.63, 3.8) is 0 Å². The standard InChI is InChI=1S/C18H16ClNO2/c1-11-9-15-14(3-2-8-20-15)18(17(11)16(22)10-21)12-4-6-13(19)7-5-12/h2-9,16,21-22H,10H2,1H3. The summed E-state index contributed by atoms with van der Waals surface area (Å²) in [5, 5.41) is 21.3. The van der Waals surface area contributed by atoms with Gasteiger partial charge in [0.15, 0.2) is 0 Å². The van der Waals surface area contributed by atoms with Crippen molar-refractivity contribution in [2.75, 3.05) is 6.61 Å². The highest BCUT2D eigenvalue weighted by Crippen LogP contribution is 2.37. The number of benzene rings is 2. The minimum Gasteiger partial charge on any atom is -0.393 e. The second kappa shape index (κ2) is 6.05. The van der Waals surface area contributed by atoms with Crippen LogP contribution in [0.5, 0.6) is 0 Å². The van der Waals surface area contributed by atoms with Crippen molar-refractivity contribution >= 4 is 22.5 Å². The molecule has 3 nitrogen and oxygen atoms in total. The Morgan fingerprint density at radius 1 is 1.18 bits per heavy atom. The molecule has 1 unspecified atom stereocenters. The Kier molecular flexibility index (Phi) is 4.12. The Morgan fingerprint density at radius 3 is 2.59 bits per heavy atom. The Hall–Kier alpha value is -1.94. The molecule has 0 aliphatic carbocycles. The lowest BCUT2D eigenvalue weighted by Crippen LogP contribution is -2.07. The number of hydrogen-bond acceptors (Lipinski definition) is 3. The van der Waals surface area contributed by atoms with E-state index in [2.05, 4.69) is 4.98 Å². The van der Waals surface area contributed by atoms with E-state index in [0.29, 0.717) is 5.02 Å². The lowest BCUT2D eigenvalue weighted by atomic mass is 9.89. The molecule has 3 rings (SSSR count). The third kappa shape index (κ3) is 2.59. The molecule has 112 valence electrons. The molecule has 4 heteroatoms. The molecule has 0 saturated heterocycles. The van der Waals surface area contributed by atoms with Crippen LogP contribution in [-0.4, -0.2) is 21.8 Å². The molecular formula is C18H16ClNO2. The first-order valence-corrected chi connectivity index (χ1v) is 7.42. The van der Waals surface area contributed by atoms with Gasteiger partial charge in [0.25, 0.3) is 0 Å². The van der Waals surface area contributed by atoms with E-state index in [-0.39, 0.29) is 6.61 Å².